The van der Waals surface area contributed by atoms with Gasteiger partial charge in [-0.15, -0.1) is 0 Å². The summed E-state index contributed by atoms with van der Waals surface area (Å²) in [5.74, 6) is -1.29. The Morgan fingerprint density at radius 2 is 1.29 bits per heavy atom. The number of aliphatic hydroxyl groups excluding tert-OH is 1. The molecule has 1 atom stereocenters. The van der Waals surface area contributed by atoms with Gasteiger partial charge in [-0.3, -0.25) is 29.8 Å². The number of unbranched alkanes of at least 4 members (excludes halogenated alkanes) is 1. The molecule has 2 aromatic heterocycles. The number of nitrogens with zero attached hydrogens (tertiary/aromatic N) is 4. The Kier molecular flexibility index (Phi) is 11.3. The summed E-state index contributed by atoms with van der Waals surface area (Å²) in [5.41, 5.74) is -6.16. The molecule has 266 valence electrons. The summed E-state index contributed by atoms with van der Waals surface area (Å²) in [6.07, 6.45) is 3.66. The molecule has 2 heterocycles. The molecule has 0 amide bonds. The van der Waals surface area contributed by atoms with Crippen molar-refractivity contribution in [3.8, 4) is 0 Å². The van der Waals surface area contributed by atoms with Crippen molar-refractivity contribution >= 4 is 58.9 Å². The van der Waals surface area contributed by atoms with E-state index in [4.69, 9.17) is 0 Å². The zero-order valence-electron chi connectivity index (χ0n) is 25.5. The van der Waals surface area contributed by atoms with E-state index in [0.29, 0.717) is 24.8 Å². The highest BCUT2D eigenvalue weighted by atomic mass is 32.2. The minimum Gasteiger partial charge on any atom is -0.394 e. The third kappa shape index (κ3) is 9.23. The maximum absolute atomic E-state index is 13.5. The van der Waals surface area contributed by atoms with E-state index in [0.717, 1.165) is 31.2 Å². The van der Waals surface area contributed by atoms with E-state index >= 15 is 0 Å². The van der Waals surface area contributed by atoms with Crippen molar-refractivity contribution in [3.63, 3.8) is 0 Å². The third-order valence-corrected chi connectivity index (χ3v) is 7.40. The Balaban J connectivity index is 0.000000276. The number of halogens is 1. The number of benzene rings is 2. The van der Waals surface area contributed by atoms with E-state index in [1.807, 2.05) is 6.92 Å². The van der Waals surface area contributed by atoms with Crippen molar-refractivity contribution in [2.24, 2.45) is 0 Å². The van der Waals surface area contributed by atoms with Crippen molar-refractivity contribution in [2.75, 3.05) is 34.1 Å². The predicted octanol–water partition coefficient (Wildman–Crippen LogP) is -0.696. The lowest BCUT2D eigenvalue weighted by Gasteiger charge is -2.17. The van der Waals surface area contributed by atoms with Crippen LogP contribution >= 0.6 is 0 Å². The molecule has 0 radical (unpaired) electrons. The standard InChI is InChI=1S/C15H21N5O7S.C9H7FN4O6S/c1-3-4-5-9(8-21)16-12-6-10-11(7-13(12)20(24)25)17-15(23)19(14(10)22)18-28(2,26)27;1-21(19,20)12-13-8(15)4-2-5(10)7(14(17)18)3-6(4)11-9(13)16/h6-7,9,16,18,21H,3-5,8H2,1-2H3,(H,17,23);2-3,12H,1H3,(H,11,16). The normalized spacial score (nSPS) is 12.2. The monoisotopic (exact) mass is 733 g/mol. The smallest absolute Gasteiger partial charge is 0.348 e. The predicted molar refractivity (Wildman–Crippen MR) is 173 cm³/mol. The molecule has 0 aliphatic heterocycles. The van der Waals surface area contributed by atoms with E-state index in [1.165, 1.54) is 0 Å². The van der Waals surface area contributed by atoms with Gasteiger partial charge in [-0.25, -0.2) is 36.1 Å². The maximum Gasteiger partial charge on any atom is 0.348 e. The molecule has 49 heavy (non-hydrogen) atoms. The summed E-state index contributed by atoms with van der Waals surface area (Å²) < 4.78 is 58.8. The number of rotatable bonds is 12. The van der Waals surface area contributed by atoms with E-state index in [-0.39, 0.29) is 38.1 Å². The fourth-order valence-electron chi connectivity index (χ4n) is 4.26. The largest absolute Gasteiger partial charge is 0.394 e. The fourth-order valence-corrected chi connectivity index (χ4v) is 5.26. The number of anilines is 1. The summed E-state index contributed by atoms with van der Waals surface area (Å²) in [6, 6.07) is 2.92. The minimum absolute atomic E-state index is 0.0253. The van der Waals surface area contributed by atoms with Crippen LogP contribution in [0.1, 0.15) is 26.2 Å². The Hall–Kier alpha value is -5.69. The van der Waals surface area contributed by atoms with Crippen molar-refractivity contribution in [1.82, 2.24) is 19.3 Å². The number of nitro benzene ring substituents is 2. The molecule has 25 heteroatoms. The van der Waals surface area contributed by atoms with Crippen LogP contribution in [0.5, 0.6) is 0 Å². The molecule has 4 aromatic rings. The van der Waals surface area contributed by atoms with Crippen LogP contribution in [-0.4, -0.2) is 76.3 Å². The summed E-state index contributed by atoms with van der Waals surface area (Å²) in [7, 11) is -7.85. The van der Waals surface area contributed by atoms with Crippen LogP contribution in [0.25, 0.3) is 21.8 Å². The molecule has 4 rings (SSSR count). The van der Waals surface area contributed by atoms with Gasteiger partial charge < -0.3 is 20.4 Å². The topological polar surface area (TPSA) is 321 Å². The second kappa shape index (κ2) is 14.6. The molecule has 0 aliphatic rings. The van der Waals surface area contributed by atoms with Crippen LogP contribution in [0.2, 0.25) is 0 Å². The number of hydrogen-bond acceptors (Lipinski definition) is 14. The third-order valence-electron chi connectivity index (χ3n) is 6.37. The van der Waals surface area contributed by atoms with E-state index in [2.05, 4.69) is 15.3 Å². The minimum atomic E-state index is -3.93. The first-order valence-electron chi connectivity index (χ1n) is 13.6. The van der Waals surface area contributed by atoms with Crippen LogP contribution in [-0.2, 0) is 20.0 Å². The van der Waals surface area contributed by atoms with Gasteiger partial charge in [0.25, 0.3) is 16.8 Å². The van der Waals surface area contributed by atoms with E-state index in [1.54, 1.807) is 9.66 Å². The number of fused-ring (bicyclic) bond motifs is 2. The average Bonchev–Trinajstić information content (AvgIpc) is 2.99. The number of aliphatic hydroxyl groups is 1. The van der Waals surface area contributed by atoms with Gasteiger partial charge in [0.15, 0.2) is 0 Å². The van der Waals surface area contributed by atoms with Gasteiger partial charge in [-0.05, 0) is 18.6 Å². The fraction of sp³-hybridized carbons (Fsp3) is 0.333. The van der Waals surface area contributed by atoms with Crippen molar-refractivity contribution in [2.45, 2.75) is 32.2 Å². The second-order valence-corrected chi connectivity index (χ2v) is 13.8. The highest BCUT2D eigenvalue weighted by molar-refractivity contribution is 7.91. The van der Waals surface area contributed by atoms with Gasteiger partial charge in [0, 0.05) is 18.2 Å². The Labute approximate surface area is 272 Å². The molecule has 0 bridgehead atoms. The van der Waals surface area contributed by atoms with Gasteiger partial charge in [-0.1, -0.05) is 19.8 Å². The van der Waals surface area contributed by atoms with Gasteiger partial charge in [0.05, 0.1) is 50.8 Å². The zero-order chi connectivity index (χ0) is 37.0. The molecule has 1 unspecified atom stereocenters. The quantitative estimate of drug-likeness (QED) is 0.0775. The molecule has 0 saturated carbocycles. The van der Waals surface area contributed by atoms with Crippen LogP contribution < -0.4 is 37.5 Å². The van der Waals surface area contributed by atoms with Crippen molar-refractivity contribution in [1.29, 1.82) is 0 Å². The van der Waals surface area contributed by atoms with E-state index < -0.39 is 81.0 Å². The van der Waals surface area contributed by atoms with Crippen LogP contribution in [0.3, 0.4) is 0 Å². The highest BCUT2D eigenvalue weighted by Crippen LogP contribution is 2.29. The van der Waals surface area contributed by atoms with Gasteiger partial charge in [-0.2, -0.15) is 13.7 Å². The van der Waals surface area contributed by atoms with Gasteiger partial charge in [0.2, 0.25) is 25.9 Å². The Bertz CT molecular complexity index is 2420. The van der Waals surface area contributed by atoms with Crippen LogP contribution in [0.4, 0.5) is 21.5 Å². The number of nitro groups is 2. The molecular weight excluding hydrogens is 705 g/mol. The zero-order valence-corrected chi connectivity index (χ0v) is 27.2. The summed E-state index contributed by atoms with van der Waals surface area (Å²) in [5, 5.41) is 33.8. The first kappa shape index (κ1) is 37.8. The molecule has 0 spiro atoms. The Morgan fingerprint density at radius 3 is 1.69 bits per heavy atom. The molecule has 0 aliphatic carbocycles. The highest BCUT2D eigenvalue weighted by Gasteiger charge is 2.22. The van der Waals surface area contributed by atoms with Gasteiger partial charge in [0.1, 0.15) is 5.69 Å². The first-order chi connectivity index (χ1) is 22.7. The lowest BCUT2D eigenvalue weighted by Crippen LogP contribution is -2.43. The van der Waals surface area contributed by atoms with Gasteiger partial charge >= 0.3 is 17.1 Å². The SMILES string of the molecule is CCCCC(CO)Nc1cc2c(=O)n(NS(C)(=O)=O)c(=O)[nH]c2cc1[N+](=O)[O-].CS(=O)(=O)Nn1c(=O)[nH]c2cc([N+](=O)[O-])c(F)cc2c1=O. The van der Waals surface area contributed by atoms with Crippen molar-refractivity contribution < 1.29 is 36.2 Å². The lowest BCUT2D eigenvalue weighted by atomic mass is 10.1. The van der Waals surface area contributed by atoms with Crippen LogP contribution in [0.15, 0.2) is 43.4 Å². The Morgan fingerprint density at radius 1 is 0.837 bits per heavy atom. The first-order valence-corrected chi connectivity index (χ1v) is 17.4. The summed E-state index contributed by atoms with van der Waals surface area (Å²) in [4.78, 5) is 76.1. The molecule has 2 aromatic carbocycles. The molecule has 0 saturated heterocycles. The summed E-state index contributed by atoms with van der Waals surface area (Å²) >= 11 is 0. The number of hydrogen-bond donors (Lipinski definition) is 6. The number of aromatic nitrogens is 4. The number of nitrogens with one attached hydrogen (secondary N) is 5. The maximum atomic E-state index is 13.5. The second-order valence-electron chi connectivity index (χ2n) is 10.3. The van der Waals surface area contributed by atoms with E-state index in [9.17, 15) is 65.7 Å². The lowest BCUT2D eigenvalue weighted by molar-refractivity contribution is -0.387. The molecule has 0 fully saturated rings. The molecule has 6 N–H and O–H groups in total. The number of H-pyrrole nitrogens is 2. The van der Waals surface area contributed by atoms with Crippen LogP contribution in [0, 0.1) is 26.0 Å². The molecule has 22 nitrogen and oxygen atoms in total. The molecular formula is C24H28FN9O13S2. The number of sulfonamides is 2. The summed E-state index contributed by atoms with van der Waals surface area (Å²) in [6.45, 7) is 1.68. The average molecular weight is 734 g/mol. The number of aromatic amines is 2. The van der Waals surface area contributed by atoms with Crippen molar-refractivity contribution in [3.05, 3.63) is 92.0 Å².